The Bertz CT molecular complexity index is 202. The van der Waals surface area contributed by atoms with E-state index in [1.807, 2.05) is 13.8 Å². The fraction of sp³-hybridized carbons (Fsp3) is 0.909. The zero-order valence-electron chi connectivity index (χ0n) is 9.68. The van der Waals surface area contributed by atoms with Crippen LogP contribution in [0.5, 0.6) is 0 Å². The first-order valence-electron chi connectivity index (χ1n) is 5.81. The van der Waals surface area contributed by atoms with Crippen LogP contribution >= 0.6 is 0 Å². The maximum atomic E-state index is 11.6. The molecule has 0 heterocycles. The summed E-state index contributed by atoms with van der Waals surface area (Å²) < 4.78 is 0. The molecular weight excluding hydrogens is 192 g/mol. The van der Waals surface area contributed by atoms with Crippen LogP contribution in [0, 0.1) is 0 Å². The molecular formula is C11H22N2O2. The Kier molecular flexibility index (Phi) is 4.54. The fourth-order valence-corrected chi connectivity index (χ4v) is 1.55. The van der Waals surface area contributed by atoms with Crippen LogP contribution in [0.1, 0.15) is 39.5 Å². The quantitative estimate of drug-likeness (QED) is 0.575. The van der Waals surface area contributed by atoms with Crippen LogP contribution in [0.4, 0.5) is 0 Å². The smallest absolute Gasteiger partial charge is 0.234 e. The van der Waals surface area contributed by atoms with Gasteiger partial charge in [-0.05, 0) is 25.7 Å². The van der Waals surface area contributed by atoms with Gasteiger partial charge in [0.1, 0.15) is 0 Å². The van der Waals surface area contributed by atoms with E-state index in [1.165, 1.54) is 12.8 Å². The highest BCUT2D eigenvalue weighted by Crippen LogP contribution is 2.18. The molecule has 88 valence electrons. The lowest BCUT2D eigenvalue weighted by Crippen LogP contribution is -2.52. The number of amides is 1. The first kappa shape index (κ1) is 12.5. The van der Waals surface area contributed by atoms with Gasteiger partial charge in [-0.15, -0.1) is 0 Å². The second-order valence-corrected chi connectivity index (χ2v) is 4.35. The number of carbonyl (C=O) groups is 1. The fourth-order valence-electron chi connectivity index (χ4n) is 1.55. The second kappa shape index (κ2) is 5.47. The highest BCUT2D eigenvalue weighted by molar-refractivity contribution is 5.78. The molecule has 1 fully saturated rings. The van der Waals surface area contributed by atoms with Gasteiger partial charge in [0.15, 0.2) is 0 Å². The average Bonchev–Trinajstić information content (AvgIpc) is 3.07. The van der Waals surface area contributed by atoms with Crippen molar-refractivity contribution in [2.45, 2.75) is 51.1 Å². The molecule has 0 radical (unpaired) electrons. The third-order valence-corrected chi connectivity index (χ3v) is 3.19. The van der Waals surface area contributed by atoms with Gasteiger partial charge in [-0.25, -0.2) is 0 Å². The molecule has 1 saturated carbocycles. The van der Waals surface area contributed by atoms with E-state index in [4.69, 9.17) is 0 Å². The zero-order chi connectivity index (χ0) is 11.3. The topological polar surface area (TPSA) is 61.4 Å². The monoisotopic (exact) mass is 214 g/mol. The summed E-state index contributed by atoms with van der Waals surface area (Å²) in [5.74, 6) is -0.0142. The molecule has 0 aliphatic heterocycles. The van der Waals surface area contributed by atoms with Gasteiger partial charge in [0, 0.05) is 6.04 Å². The molecule has 1 amide bonds. The summed E-state index contributed by atoms with van der Waals surface area (Å²) in [5, 5.41) is 15.3. The van der Waals surface area contributed by atoms with Gasteiger partial charge in [-0.2, -0.15) is 0 Å². The predicted octanol–water partition coefficient (Wildman–Crippen LogP) is 0.406. The second-order valence-electron chi connectivity index (χ2n) is 4.35. The summed E-state index contributed by atoms with van der Waals surface area (Å²) >= 11 is 0. The Morgan fingerprint density at radius 1 is 1.40 bits per heavy atom. The summed E-state index contributed by atoms with van der Waals surface area (Å²) in [6.45, 7) is 4.34. The molecule has 0 spiro atoms. The summed E-state index contributed by atoms with van der Waals surface area (Å²) in [7, 11) is 0. The molecule has 0 saturated heterocycles. The van der Waals surface area contributed by atoms with Crippen molar-refractivity contribution >= 4 is 5.91 Å². The van der Waals surface area contributed by atoms with Gasteiger partial charge >= 0.3 is 0 Å². The van der Waals surface area contributed by atoms with Crippen molar-refractivity contribution < 1.29 is 9.90 Å². The molecule has 0 aromatic carbocycles. The van der Waals surface area contributed by atoms with Crippen LogP contribution < -0.4 is 10.6 Å². The molecule has 0 atom stereocenters. The van der Waals surface area contributed by atoms with Crippen molar-refractivity contribution in [2.24, 2.45) is 0 Å². The number of hydrogen-bond acceptors (Lipinski definition) is 3. The molecule has 3 N–H and O–H groups in total. The summed E-state index contributed by atoms with van der Waals surface area (Å²) in [5.41, 5.74) is -0.428. The van der Waals surface area contributed by atoms with E-state index in [1.54, 1.807) is 0 Å². The van der Waals surface area contributed by atoms with Gasteiger partial charge in [-0.1, -0.05) is 13.8 Å². The first-order chi connectivity index (χ1) is 7.15. The van der Waals surface area contributed by atoms with E-state index in [0.29, 0.717) is 12.6 Å². The van der Waals surface area contributed by atoms with Crippen LogP contribution in [0.15, 0.2) is 0 Å². The van der Waals surface area contributed by atoms with Gasteiger partial charge in [0.25, 0.3) is 0 Å². The van der Waals surface area contributed by atoms with Crippen LogP contribution in [0.25, 0.3) is 0 Å². The maximum absolute atomic E-state index is 11.6. The predicted molar refractivity (Wildman–Crippen MR) is 59.6 cm³/mol. The first-order valence-corrected chi connectivity index (χ1v) is 5.81. The number of rotatable bonds is 7. The molecule has 0 unspecified atom stereocenters. The normalized spacial score (nSPS) is 16.5. The highest BCUT2D eigenvalue weighted by atomic mass is 16.3. The van der Waals surface area contributed by atoms with Crippen molar-refractivity contribution in [1.29, 1.82) is 0 Å². The minimum Gasteiger partial charge on any atom is -0.394 e. The van der Waals surface area contributed by atoms with Gasteiger partial charge in [-0.3, -0.25) is 4.79 Å². The van der Waals surface area contributed by atoms with Crippen molar-refractivity contribution in [3.63, 3.8) is 0 Å². The lowest BCUT2D eigenvalue weighted by atomic mass is 9.94. The van der Waals surface area contributed by atoms with Gasteiger partial charge in [0.05, 0.1) is 18.7 Å². The number of aliphatic hydroxyl groups is 1. The van der Waals surface area contributed by atoms with E-state index >= 15 is 0 Å². The summed E-state index contributed by atoms with van der Waals surface area (Å²) in [6, 6.07) is 0.544. The zero-order valence-corrected chi connectivity index (χ0v) is 9.68. The molecule has 1 aliphatic rings. The summed E-state index contributed by atoms with van der Waals surface area (Å²) in [6.07, 6.45) is 3.88. The van der Waals surface area contributed by atoms with Crippen molar-refractivity contribution in [1.82, 2.24) is 10.6 Å². The van der Waals surface area contributed by atoms with E-state index < -0.39 is 5.54 Å². The number of nitrogens with one attached hydrogen (secondary N) is 2. The molecule has 0 aromatic heterocycles. The number of carbonyl (C=O) groups excluding carboxylic acids is 1. The van der Waals surface area contributed by atoms with Crippen molar-refractivity contribution in [3.8, 4) is 0 Å². The molecule has 0 bridgehead atoms. The standard InChI is InChI=1S/C11H22N2O2/c1-3-11(4-2,8-14)13-10(15)7-12-9-5-6-9/h9,12,14H,3-8H2,1-2H3,(H,13,15). The average molecular weight is 214 g/mol. The third kappa shape index (κ3) is 3.80. The van der Waals surface area contributed by atoms with E-state index in [9.17, 15) is 9.90 Å². The minimum atomic E-state index is -0.428. The van der Waals surface area contributed by atoms with Crippen LogP contribution in [0.3, 0.4) is 0 Å². The lowest BCUT2D eigenvalue weighted by Gasteiger charge is -2.30. The van der Waals surface area contributed by atoms with E-state index in [0.717, 1.165) is 12.8 Å². The Labute approximate surface area is 91.4 Å². The molecule has 4 heteroatoms. The number of aliphatic hydroxyl groups excluding tert-OH is 1. The molecule has 1 rings (SSSR count). The Balaban J connectivity index is 2.31. The molecule has 15 heavy (non-hydrogen) atoms. The van der Waals surface area contributed by atoms with Crippen molar-refractivity contribution in [2.75, 3.05) is 13.2 Å². The van der Waals surface area contributed by atoms with Crippen LogP contribution in [0.2, 0.25) is 0 Å². The van der Waals surface area contributed by atoms with E-state index in [2.05, 4.69) is 10.6 Å². The van der Waals surface area contributed by atoms with Crippen LogP contribution in [-0.4, -0.2) is 35.7 Å². The van der Waals surface area contributed by atoms with Crippen molar-refractivity contribution in [3.05, 3.63) is 0 Å². The molecule has 4 nitrogen and oxygen atoms in total. The Morgan fingerprint density at radius 2 is 2.00 bits per heavy atom. The highest BCUT2D eigenvalue weighted by Gasteiger charge is 2.28. The maximum Gasteiger partial charge on any atom is 0.234 e. The minimum absolute atomic E-state index is 0.00910. The van der Waals surface area contributed by atoms with Crippen LogP contribution in [-0.2, 0) is 4.79 Å². The lowest BCUT2D eigenvalue weighted by molar-refractivity contribution is -0.123. The van der Waals surface area contributed by atoms with Gasteiger partial charge < -0.3 is 15.7 Å². The Hall–Kier alpha value is -0.610. The molecule has 0 aromatic rings. The molecule has 1 aliphatic carbocycles. The largest absolute Gasteiger partial charge is 0.394 e. The number of hydrogen-bond donors (Lipinski definition) is 3. The summed E-state index contributed by atoms with van der Waals surface area (Å²) in [4.78, 5) is 11.6. The SMILES string of the molecule is CCC(CC)(CO)NC(=O)CNC1CC1. The Morgan fingerprint density at radius 3 is 2.40 bits per heavy atom. The van der Waals surface area contributed by atoms with E-state index in [-0.39, 0.29) is 12.5 Å². The third-order valence-electron chi connectivity index (χ3n) is 3.19. The van der Waals surface area contributed by atoms with Gasteiger partial charge in [0.2, 0.25) is 5.91 Å².